The predicted molar refractivity (Wildman–Crippen MR) is 103 cm³/mol. The molecule has 0 unspecified atom stereocenters. The van der Waals surface area contributed by atoms with Crippen molar-refractivity contribution in [2.45, 2.75) is 4.05 Å². The quantitative estimate of drug-likeness (QED) is 0.531. The molecule has 3 heterocycles. The summed E-state index contributed by atoms with van der Waals surface area (Å²) >= 11 is 2.12. The van der Waals surface area contributed by atoms with E-state index in [4.69, 9.17) is 4.74 Å². The second-order valence-electron chi connectivity index (χ2n) is 6.55. The summed E-state index contributed by atoms with van der Waals surface area (Å²) in [6, 6.07) is 1.15. The van der Waals surface area contributed by atoms with E-state index in [1.807, 2.05) is 11.9 Å². The molecule has 0 amide bonds. The number of carboxylic acid groups (broad SMARTS) is 1. The number of nitrogens with zero attached hydrogens (tertiary/aromatic N) is 3. The van der Waals surface area contributed by atoms with Crippen LogP contribution in [0.1, 0.15) is 14.4 Å². The van der Waals surface area contributed by atoms with E-state index in [1.165, 1.54) is 6.20 Å². The number of piperazine rings is 1. The van der Waals surface area contributed by atoms with Crippen molar-refractivity contribution in [1.82, 2.24) is 9.47 Å². The predicted octanol–water partition coefficient (Wildman–Crippen LogP) is 1.92. The number of carbonyl (C=O) groups is 1. The molecule has 26 heavy (non-hydrogen) atoms. The SMILES string of the molecule is CN1CCN(c2c(F)cc3c(=O)c(C(=O)O)cn4c3c2OC[C@@H]4I)CC1. The molecule has 1 aromatic carbocycles. The van der Waals surface area contributed by atoms with Gasteiger partial charge in [0.15, 0.2) is 11.6 Å². The van der Waals surface area contributed by atoms with Crippen molar-refractivity contribution < 1.29 is 19.0 Å². The summed E-state index contributed by atoms with van der Waals surface area (Å²) in [7, 11) is 2.01. The average molecular weight is 473 g/mol. The van der Waals surface area contributed by atoms with Gasteiger partial charge in [-0.25, -0.2) is 9.18 Å². The lowest BCUT2D eigenvalue weighted by molar-refractivity contribution is 0.0694. The topological polar surface area (TPSA) is 75.0 Å². The van der Waals surface area contributed by atoms with E-state index in [0.29, 0.717) is 30.0 Å². The Bertz CT molecular complexity index is 969. The molecule has 0 saturated carbocycles. The zero-order valence-electron chi connectivity index (χ0n) is 14.0. The molecule has 0 spiro atoms. The fourth-order valence-electron chi connectivity index (χ4n) is 3.51. The largest absolute Gasteiger partial charge is 0.486 e. The Balaban J connectivity index is 2.00. The van der Waals surface area contributed by atoms with Crippen LogP contribution in [-0.4, -0.2) is 60.4 Å². The molecule has 1 atom stereocenters. The molecule has 2 aliphatic heterocycles. The Morgan fingerprint density at radius 1 is 1.35 bits per heavy atom. The summed E-state index contributed by atoms with van der Waals surface area (Å²) in [6.07, 6.45) is 1.34. The van der Waals surface area contributed by atoms with Gasteiger partial charge in [-0.05, 0) is 13.1 Å². The number of alkyl halides is 1. The minimum Gasteiger partial charge on any atom is -0.486 e. The van der Waals surface area contributed by atoms with Gasteiger partial charge in [0.1, 0.15) is 21.9 Å². The molecule has 9 heteroatoms. The first kappa shape index (κ1) is 17.5. The van der Waals surface area contributed by atoms with Crippen molar-refractivity contribution >= 4 is 45.2 Å². The molecule has 0 aliphatic carbocycles. The minimum absolute atomic E-state index is 0.0386. The van der Waals surface area contributed by atoms with Crippen LogP contribution in [0, 0.1) is 5.82 Å². The van der Waals surface area contributed by atoms with E-state index in [9.17, 15) is 19.1 Å². The number of aromatic carboxylic acids is 1. The highest BCUT2D eigenvalue weighted by atomic mass is 127. The first-order chi connectivity index (χ1) is 12.4. The second kappa shape index (κ2) is 6.38. The highest BCUT2D eigenvalue weighted by Gasteiger charge is 2.31. The van der Waals surface area contributed by atoms with Crippen LogP contribution in [0.4, 0.5) is 10.1 Å². The van der Waals surface area contributed by atoms with Crippen molar-refractivity contribution in [3.8, 4) is 5.75 Å². The number of rotatable bonds is 2. The Morgan fingerprint density at radius 2 is 2.04 bits per heavy atom. The van der Waals surface area contributed by atoms with Gasteiger partial charge in [0.05, 0.1) is 10.9 Å². The number of aromatic nitrogens is 1. The number of halogens is 2. The third-order valence-electron chi connectivity index (χ3n) is 4.92. The van der Waals surface area contributed by atoms with Crippen LogP contribution in [-0.2, 0) is 0 Å². The summed E-state index contributed by atoms with van der Waals surface area (Å²) in [4.78, 5) is 28.1. The summed E-state index contributed by atoms with van der Waals surface area (Å²) in [5, 5.41) is 9.36. The van der Waals surface area contributed by atoms with Crippen molar-refractivity contribution in [3.05, 3.63) is 33.9 Å². The summed E-state index contributed by atoms with van der Waals surface area (Å²) in [6.45, 7) is 3.18. The van der Waals surface area contributed by atoms with Crippen molar-refractivity contribution in [2.75, 3.05) is 44.7 Å². The highest BCUT2D eigenvalue weighted by Crippen LogP contribution is 2.43. The highest BCUT2D eigenvalue weighted by molar-refractivity contribution is 14.1. The summed E-state index contributed by atoms with van der Waals surface area (Å²) in [5.74, 6) is -1.55. The maximum atomic E-state index is 15.0. The van der Waals surface area contributed by atoms with Gasteiger partial charge >= 0.3 is 5.97 Å². The monoisotopic (exact) mass is 473 g/mol. The van der Waals surface area contributed by atoms with Crippen molar-refractivity contribution in [1.29, 1.82) is 0 Å². The van der Waals surface area contributed by atoms with E-state index in [2.05, 4.69) is 27.5 Å². The molecule has 2 aliphatic rings. The Hall–Kier alpha value is -1.88. The molecule has 1 saturated heterocycles. The van der Waals surface area contributed by atoms with E-state index >= 15 is 0 Å². The fourth-order valence-corrected chi connectivity index (χ4v) is 4.13. The molecular weight excluding hydrogens is 456 g/mol. The lowest BCUT2D eigenvalue weighted by atomic mass is 10.1. The van der Waals surface area contributed by atoms with Gasteiger partial charge in [0, 0.05) is 32.4 Å². The molecule has 7 nitrogen and oxygen atoms in total. The number of likely N-dealkylation sites (N-methyl/N-ethyl adjacent to an activating group) is 1. The van der Waals surface area contributed by atoms with Crippen LogP contribution in [0.15, 0.2) is 17.1 Å². The van der Waals surface area contributed by atoms with Gasteiger partial charge in [0.25, 0.3) is 0 Å². The third-order valence-corrected chi connectivity index (χ3v) is 5.87. The molecule has 0 bridgehead atoms. The summed E-state index contributed by atoms with van der Waals surface area (Å²) < 4.78 is 22.3. The fraction of sp³-hybridized carbons (Fsp3) is 0.412. The lowest BCUT2D eigenvalue weighted by Crippen LogP contribution is -2.45. The van der Waals surface area contributed by atoms with E-state index < -0.39 is 17.2 Å². The van der Waals surface area contributed by atoms with Gasteiger partial charge in [0.2, 0.25) is 5.43 Å². The molecule has 2 aromatic rings. The van der Waals surface area contributed by atoms with Gasteiger partial charge < -0.3 is 24.2 Å². The molecule has 1 fully saturated rings. The average Bonchev–Trinajstić information content (AvgIpc) is 2.60. The number of ether oxygens (including phenoxy) is 1. The van der Waals surface area contributed by atoms with Crippen molar-refractivity contribution in [3.63, 3.8) is 0 Å². The molecule has 4 rings (SSSR count). The zero-order valence-corrected chi connectivity index (χ0v) is 16.2. The number of carboxylic acids is 1. The second-order valence-corrected chi connectivity index (χ2v) is 7.99. The van der Waals surface area contributed by atoms with E-state index in [-0.39, 0.29) is 21.6 Å². The van der Waals surface area contributed by atoms with Crippen molar-refractivity contribution in [2.24, 2.45) is 0 Å². The van der Waals surface area contributed by atoms with Crippen LogP contribution in [0.3, 0.4) is 0 Å². The normalized spacial score (nSPS) is 20.3. The van der Waals surface area contributed by atoms with Crippen LogP contribution in [0.25, 0.3) is 10.9 Å². The minimum atomic E-state index is -1.32. The van der Waals surface area contributed by atoms with E-state index in [0.717, 1.165) is 19.2 Å². The lowest BCUT2D eigenvalue weighted by Gasteiger charge is -2.36. The maximum absolute atomic E-state index is 15.0. The van der Waals surface area contributed by atoms with E-state index in [1.54, 1.807) is 4.57 Å². The Labute approximate surface area is 162 Å². The molecule has 1 N–H and O–H groups in total. The number of hydrogen-bond acceptors (Lipinski definition) is 5. The Morgan fingerprint density at radius 3 is 2.69 bits per heavy atom. The molecule has 138 valence electrons. The van der Waals surface area contributed by atoms with Gasteiger partial charge in [-0.15, -0.1) is 0 Å². The van der Waals surface area contributed by atoms with Gasteiger partial charge in [-0.3, -0.25) is 4.79 Å². The summed E-state index contributed by atoms with van der Waals surface area (Å²) in [5.41, 5.74) is -0.243. The molecule has 0 radical (unpaired) electrons. The van der Waals surface area contributed by atoms with Gasteiger partial charge in [-0.1, -0.05) is 22.6 Å². The number of pyridine rings is 1. The number of benzene rings is 1. The van der Waals surface area contributed by atoms with Crippen LogP contribution in [0.2, 0.25) is 0 Å². The molecule has 1 aromatic heterocycles. The first-order valence-corrected chi connectivity index (χ1v) is 9.48. The zero-order chi connectivity index (χ0) is 18.6. The first-order valence-electron chi connectivity index (χ1n) is 8.23. The third kappa shape index (κ3) is 2.64. The van der Waals surface area contributed by atoms with Crippen LogP contribution >= 0.6 is 22.6 Å². The number of hydrogen-bond donors (Lipinski definition) is 1. The standard InChI is InChI=1S/C17H17FIN3O4/c1-20-2-4-21(5-3-20)14-11(18)6-9-13-16(14)26-8-12(19)22(13)7-10(15(9)23)17(24)25/h6-7,12H,2-5,8H2,1H3,(H,24,25)/t12-/m1/s1. The molecular formula is C17H17FIN3O4. The maximum Gasteiger partial charge on any atom is 0.341 e. The number of anilines is 1. The van der Waals surface area contributed by atoms with Crippen LogP contribution < -0.4 is 15.1 Å². The van der Waals surface area contributed by atoms with Gasteiger partial charge in [-0.2, -0.15) is 0 Å². The van der Waals surface area contributed by atoms with Crippen LogP contribution in [0.5, 0.6) is 5.75 Å². The smallest absolute Gasteiger partial charge is 0.341 e. The Kier molecular flexibility index (Phi) is 4.30.